The Bertz CT molecular complexity index is 772. The fourth-order valence-corrected chi connectivity index (χ4v) is 4.96. The van der Waals surface area contributed by atoms with Gasteiger partial charge in [0.05, 0.1) is 6.61 Å². The first-order valence-corrected chi connectivity index (χ1v) is 9.99. The van der Waals surface area contributed by atoms with Gasteiger partial charge < -0.3 is 14.9 Å². The smallest absolute Gasteiger partial charge is 0.127 e. The SMILES string of the molecule is OCC[NH+]1CC[NH+]([C@@H]2CC[C@H](c3ccc(F)cc3)c3ccc(F)cc32)CC1. The van der Waals surface area contributed by atoms with Crippen LogP contribution in [-0.4, -0.2) is 44.4 Å². The van der Waals surface area contributed by atoms with Crippen molar-refractivity contribution in [2.24, 2.45) is 0 Å². The second kappa shape index (κ2) is 8.05. The Kier molecular flexibility index (Phi) is 5.53. The van der Waals surface area contributed by atoms with Gasteiger partial charge in [-0.2, -0.15) is 0 Å². The molecular weight excluding hydrogens is 346 g/mol. The molecule has 2 aliphatic rings. The van der Waals surface area contributed by atoms with Crippen LogP contribution in [0.2, 0.25) is 0 Å². The van der Waals surface area contributed by atoms with Gasteiger partial charge >= 0.3 is 0 Å². The molecule has 4 rings (SSSR count). The third-order valence-electron chi connectivity index (χ3n) is 6.37. The molecule has 0 radical (unpaired) electrons. The van der Waals surface area contributed by atoms with Crippen LogP contribution in [0.5, 0.6) is 0 Å². The van der Waals surface area contributed by atoms with Gasteiger partial charge in [-0.05, 0) is 41.8 Å². The summed E-state index contributed by atoms with van der Waals surface area (Å²) in [6.07, 6.45) is 2.02. The monoisotopic (exact) mass is 374 g/mol. The molecule has 2 aromatic carbocycles. The van der Waals surface area contributed by atoms with Gasteiger partial charge in [0.2, 0.25) is 0 Å². The summed E-state index contributed by atoms with van der Waals surface area (Å²) in [6.45, 7) is 5.27. The van der Waals surface area contributed by atoms with Gasteiger partial charge in [0.15, 0.2) is 0 Å². The molecule has 0 spiro atoms. The lowest BCUT2D eigenvalue weighted by Gasteiger charge is -2.39. The molecule has 0 aromatic heterocycles. The van der Waals surface area contributed by atoms with E-state index in [1.807, 2.05) is 18.2 Å². The quantitative estimate of drug-likeness (QED) is 0.723. The normalized spacial score (nSPS) is 28.0. The molecule has 3 nitrogen and oxygen atoms in total. The van der Waals surface area contributed by atoms with E-state index in [-0.39, 0.29) is 24.2 Å². The van der Waals surface area contributed by atoms with E-state index in [0.29, 0.717) is 6.04 Å². The molecule has 0 amide bonds. The van der Waals surface area contributed by atoms with Crippen molar-refractivity contribution in [3.05, 3.63) is 70.8 Å². The summed E-state index contributed by atoms with van der Waals surface area (Å²) < 4.78 is 27.4. The minimum absolute atomic E-state index is 0.178. The van der Waals surface area contributed by atoms with Gasteiger partial charge in [-0.1, -0.05) is 18.2 Å². The maximum Gasteiger partial charge on any atom is 0.127 e. The van der Waals surface area contributed by atoms with Crippen molar-refractivity contribution < 1.29 is 23.7 Å². The third-order valence-corrected chi connectivity index (χ3v) is 6.37. The molecule has 0 saturated carbocycles. The molecule has 0 bridgehead atoms. The van der Waals surface area contributed by atoms with Crippen LogP contribution < -0.4 is 9.80 Å². The van der Waals surface area contributed by atoms with Crippen LogP contribution in [0.1, 0.15) is 41.5 Å². The van der Waals surface area contributed by atoms with Gasteiger partial charge in [0.1, 0.15) is 50.4 Å². The Morgan fingerprint density at radius 3 is 2.26 bits per heavy atom. The van der Waals surface area contributed by atoms with Crippen molar-refractivity contribution in [1.82, 2.24) is 0 Å². The lowest BCUT2D eigenvalue weighted by Crippen LogP contribution is -3.28. The third kappa shape index (κ3) is 3.91. The lowest BCUT2D eigenvalue weighted by molar-refractivity contribution is -1.03. The fraction of sp³-hybridized carbons (Fsp3) is 0.455. The van der Waals surface area contributed by atoms with Gasteiger partial charge in [0, 0.05) is 17.9 Å². The second-order valence-corrected chi connectivity index (χ2v) is 7.89. The minimum atomic E-state index is -0.223. The molecule has 1 aliphatic heterocycles. The van der Waals surface area contributed by atoms with Crippen LogP contribution in [0, 0.1) is 11.6 Å². The number of halogens is 2. The maximum absolute atomic E-state index is 14.1. The summed E-state index contributed by atoms with van der Waals surface area (Å²) in [4.78, 5) is 2.99. The van der Waals surface area contributed by atoms with Crippen molar-refractivity contribution in [1.29, 1.82) is 0 Å². The number of hydrogen-bond acceptors (Lipinski definition) is 1. The number of aliphatic hydroxyl groups is 1. The Morgan fingerprint density at radius 2 is 1.56 bits per heavy atom. The molecule has 1 saturated heterocycles. The van der Waals surface area contributed by atoms with Crippen LogP contribution in [0.15, 0.2) is 42.5 Å². The van der Waals surface area contributed by atoms with Crippen molar-refractivity contribution in [3.8, 4) is 0 Å². The van der Waals surface area contributed by atoms with Gasteiger partial charge in [-0.25, -0.2) is 8.78 Å². The summed E-state index contributed by atoms with van der Waals surface area (Å²) >= 11 is 0. The van der Waals surface area contributed by atoms with E-state index in [0.717, 1.165) is 56.7 Å². The zero-order chi connectivity index (χ0) is 18.8. The number of nitrogens with one attached hydrogen (secondary N) is 2. The van der Waals surface area contributed by atoms with E-state index in [4.69, 9.17) is 5.11 Å². The summed E-state index contributed by atoms with van der Waals surface area (Å²) in [5, 5.41) is 9.16. The van der Waals surface area contributed by atoms with E-state index in [2.05, 4.69) is 0 Å². The number of quaternary nitrogens is 2. The highest BCUT2D eigenvalue weighted by molar-refractivity contribution is 5.41. The number of rotatable bonds is 4. The lowest BCUT2D eigenvalue weighted by atomic mass is 9.76. The molecule has 1 aliphatic carbocycles. The van der Waals surface area contributed by atoms with Crippen LogP contribution in [0.25, 0.3) is 0 Å². The Labute approximate surface area is 159 Å². The average molecular weight is 374 g/mol. The second-order valence-electron chi connectivity index (χ2n) is 7.89. The van der Waals surface area contributed by atoms with Crippen molar-refractivity contribution >= 4 is 0 Å². The highest BCUT2D eigenvalue weighted by atomic mass is 19.1. The largest absolute Gasteiger partial charge is 0.391 e. The predicted molar refractivity (Wildman–Crippen MR) is 100.0 cm³/mol. The average Bonchev–Trinajstić information content (AvgIpc) is 2.69. The molecule has 2 aromatic rings. The first-order chi connectivity index (χ1) is 13.2. The van der Waals surface area contributed by atoms with E-state index in [1.54, 1.807) is 12.1 Å². The summed E-state index contributed by atoms with van der Waals surface area (Å²) in [7, 11) is 0. The van der Waals surface area contributed by atoms with E-state index >= 15 is 0 Å². The predicted octanol–water partition coefficient (Wildman–Crippen LogP) is 0.707. The van der Waals surface area contributed by atoms with E-state index < -0.39 is 0 Å². The van der Waals surface area contributed by atoms with Gasteiger partial charge in [-0.15, -0.1) is 0 Å². The molecule has 0 unspecified atom stereocenters. The van der Waals surface area contributed by atoms with Gasteiger partial charge in [0.25, 0.3) is 0 Å². The summed E-state index contributed by atoms with van der Waals surface area (Å²) in [6, 6.07) is 12.3. The molecule has 1 fully saturated rings. The Morgan fingerprint density at radius 1 is 0.852 bits per heavy atom. The number of aliphatic hydroxyl groups excluding tert-OH is 1. The van der Waals surface area contributed by atoms with Crippen molar-refractivity contribution in [2.75, 3.05) is 39.3 Å². The summed E-state index contributed by atoms with van der Waals surface area (Å²) in [5.41, 5.74) is 3.42. The molecule has 27 heavy (non-hydrogen) atoms. The first-order valence-electron chi connectivity index (χ1n) is 9.99. The molecule has 2 atom stereocenters. The molecule has 5 heteroatoms. The Hall–Kier alpha value is -1.82. The highest BCUT2D eigenvalue weighted by Gasteiger charge is 2.37. The zero-order valence-electron chi connectivity index (χ0n) is 15.6. The zero-order valence-corrected chi connectivity index (χ0v) is 15.6. The number of benzene rings is 2. The molecular formula is C22H28F2N2O+2. The number of piperazine rings is 1. The number of fused-ring (bicyclic) bond motifs is 1. The topological polar surface area (TPSA) is 29.1 Å². The van der Waals surface area contributed by atoms with Crippen LogP contribution in [0.4, 0.5) is 8.78 Å². The highest BCUT2D eigenvalue weighted by Crippen LogP contribution is 2.40. The maximum atomic E-state index is 14.1. The fourth-order valence-electron chi connectivity index (χ4n) is 4.96. The van der Waals surface area contributed by atoms with Gasteiger partial charge in [-0.3, -0.25) is 0 Å². The summed E-state index contributed by atoms with van der Waals surface area (Å²) in [5.74, 6) is -0.194. The van der Waals surface area contributed by atoms with Crippen LogP contribution in [-0.2, 0) is 0 Å². The van der Waals surface area contributed by atoms with E-state index in [1.165, 1.54) is 27.5 Å². The Balaban J connectivity index is 1.59. The number of hydrogen-bond donors (Lipinski definition) is 3. The van der Waals surface area contributed by atoms with E-state index in [9.17, 15) is 8.78 Å². The standard InChI is InChI=1S/C22H26F2N2O/c23-17-3-1-16(2-4-17)19-7-8-22(21-15-18(24)5-6-20(19)21)26-11-9-25(10-12-26)13-14-27/h1-6,15,19,22,27H,7-14H2/p+2/t19-,22-/m1/s1. The van der Waals surface area contributed by atoms with Crippen LogP contribution >= 0.6 is 0 Å². The molecule has 144 valence electrons. The molecule has 3 N–H and O–H groups in total. The minimum Gasteiger partial charge on any atom is -0.391 e. The first kappa shape index (κ1) is 18.5. The van der Waals surface area contributed by atoms with Crippen molar-refractivity contribution in [3.63, 3.8) is 0 Å². The molecule has 1 heterocycles. The van der Waals surface area contributed by atoms with Crippen LogP contribution in [0.3, 0.4) is 0 Å². The van der Waals surface area contributed by atoms with Crippen molar-refractivity contribution in [2.45, 2.75) is 24.8 Å².